The predicted octanol–water partition coefficient (Wildman–Crippen LogP) is 6.30. The number of hydrogen-bond donors (Lipinski definition) is 1. The average molecular weight is 731 g/mol. The Hall–Kier alpha value is -2.36. The normalized spacial score (nSPS) is 37.5. The molecule has 0 saturated heterocycles. The van der Waals surface area contributed by atoms with Gasteiger partial charge in [-0.05, 0) is 93.3 Å². The van der Waals surface area contributed by atoms with E-state index in [1.807, 2.05) is 6.92 Å². The molecule has 0 spiro atoms. The minimum Gasteiger partial charge on any atom is -0.462 e. The van der Waals surface area contributed by atoms with Gasteiger partial charge in [0.15, 0.2) is 0 Å². The highest BCUT2D eigenvalue weighted by atomic mass is 32.2. The maximum atomic E-state index is 14.0. The molecule has 0 aromatic heterocycles. The van der Waals surface area contributed by atoms with E-state index in [9.17, 15) is 49.5 Å². The van der Waals surface area contributed by atoms with E-state index in [1.54, 1.807) is 13.8 Å². The van der Waals surface area contributed by atoms with Crippen LogP contribution < -0.4 is 0 Å². The Kier molecular flexibility index (Phi) is 11.0. The molecule has 1 N–H and O–H groups in total. The number of hydrogen-bond acceptors (Lipinski definition) is 9. The summed E-state index contributed by atoms with van der Waals surface area (Å²) in [7, 11) is -6.57. The molecule has 0 heterocycles. The number of ether oxygens (including phenoxy) is 3. The minimum absolute atomic E-state index is 0.0151. The topological polar surface area (TPSA) is 150 Å². The number of Topliss-reactive ketones (excluding diaryl/α,β-unsaturated/α-hetero) is 1. The molecule has 0 aromatic carbocycles. The van der Waals surface area contributed by atoms with E-state index in [0.29, 0.717) is 32.1 Å². The molecule has 4 rings (SSSR count). The van der Waals surface area contributed by atoms with Gasteiger partial charge in [0.05, 0.1) is 0 Å². The van der Waals surface area contributed by atoms with Crippen LogP contribution in [-0.2, 0) is 43.5 Å². The summed E-state index contributed by atoms with van der Waals surface area (Å²) in [5.74, 6) is -3.46. The van der Waals surface area contributed by atoms with Crippen LogP contribution in [0.4, 0.5) is 22.0 Å². The fourth-order valence-corrected chi connectivity index (χ4v) is 10.8. The molecule has 10 nitrogen and oxygen atoms in total. The van der Waals surface area contributed by atoms with Crippen LogP contribution in [0.1, 0.15) is 99.3 Å². The van der Waals surface area contributed by atoms with Crippen molar-refractivity contribution in [2.75, 3.05) is 0 Å². The third-order valence-electron chi connectivity index (χ3n) is 12.7. The van der Waals surface area contributed by atoms with Crippen LogP contribution in [0.3, 0.4) is 0 Å². The second-order valence-corrected chi connectivity index (χ2v) is 16.8. The molecular formula is C33H47F5O10S. The van der Waals surface area contributed by atoms with E-state index in [1.165, 1.54) is 13.8 Å². The summed E-state index contributed by atoms with van der Waals surface area (Å²) in [6.45, 7) is 10.2. The fraction of sp³-hybridized carbons (Fsp3) is 0.879. The number of carbonyl (C=O) groups is 4. The fourth-order valence-electron chi connectivity index (χ4n) is 10.4. The standard InChI is InChI=1S/C33H47F5O10S/c1-16(7-10-27(42)48-29(32(34,35)36)33(37,38)49(43,44)45)22-8-9-23-28-24(15-26(31(22,23)6)47-19(4)41)30(5)12-11-20(17(2)39)13-21(30)14-25(28)46-18(3)40/h16,20-26,28-29H,7-15H2,1-6H3,(H,43,44,45)/t16-,20?,21?,22-,23+,24+,25-,26+,28+,29?,30+,31-/m1/s1. The first kappa shape index (κ1) is 39.4. The van der Waals surface area contributed by atoms with Crippen LogP contribution in [0.15, 0.2) is 0 Å². The number of alkyl halides is 5. The van der Waals surface area contributed by atoms with Crippen LogP contribution in [0.25, 0.3) is 0 Å². The molecule has 4 aliphatic carbocycles. The SMILES string of the molecule is CC(=O)O[C@H]1C[C@H]2[C@@H]([C@H](OC(C)=O)CC3CC(C(C)=O)CC[C@@]32C)[C@@H]2CC[C@H]([C@H](C)CCC(=O)OC(C(F)(F)F)C(F)(F)S(=O)(=O)O)[C@@]12C. The molecule has 0 radical (unpaired) electrons. The monoisotopic (exact) mass is 730 g/mol. The first-order valence-corrected chi connectivity index (χ1v) is 18.3. The van der Waals surface area contributed by atoms with Gasteiger partial charge < -0.3 is 14.2 Å². The molecule has 4 saturated carbocycles. The Bertz CT molecular complexity index is 1420. The maximum absolute atomic E-state index is 14.0. The highest BCUT2D eigenvalue weighted by molar-refractivity contribution is 7.86. The molecule has 49 heavy (non-hydrogen) atoms. The molecule has 16 heteroatoms. The summed E-state index contributed by atoms with van der Waals surface area (Å²) in [6, 6.07) is 0. The van der Waals surface area contributed by atoms with Crippen LogP contribution in [-0.4, -0.2) is 66.4 Å². The summed E-state index contributed by atoms with van der Waals surface area (Å²) in [5.41, 5.74) is -0.944. The van der Waals surface area contributed by atoms with Crippen molar-refractivity contribution in [3.05, 3.63) is 0 Å². The van der Waals surface area contributed by atoms with E-state index in [0.717, 1.165) is 12.8 Å². The Morgan fingerprint density at radius 1 is 0.898 bits per heavy atom. The minimum atomic E-state index is -6.57. The van der Waals surface area contributed by atoms with E-state index >= 15 is 0 Å². The molecule has 0 aliphatic heterocycles. The molecule has 4 aliphatic rings. The summed E-state index contributed by atoms with van der Waals surface area (Å²) in [5, 5.41) is -5.83. The highest BCUT2D eigenvalue weighted by Crippen LogP contribution is 2.69. The van der Waals surface area contributed by atoms with Crippen molar-refractivity contribution in [2.24, 2.45) is 52.3 Å². The first-order chi connectivity index (χ1) is 22.3. The van der Waals surface area contributed by atoms with Gasteiger partial charge in [0.2, 0.25) is 0 Å². The largest absolute Gasteiger partial charge is 0.462 e. The molecular weight excluding hydrogens is 683 g/mol. The van der Waals surface area contributed by atoms with Crippen molar-refractivity contribution in [3.63, 3.8) is 0 Å². The number of ketones is 1. The van der Waals surface area contributed by atoms with Crippen LogP contribution in [0.5, 0.6) is 0 Å². The lowest BCUT2D eigenvalue weighted by molar-refractivity contribution is -0.259. The molecule has 3 unspecified atom stereocenters. The third kappa shape index (κ3) is 7.36. The van der Waals surface area contributed by atoms with Crippen molar-refractivity contribution in [3.8, 4) is 0 Å². The van der Waals surface area contributed by atoms with Gasteiger partial charge in [-0.15, -0.1) is 0 Å². The number of fused-ring (bicyclic) bond motifs is 5. The number of rotatable bonds is 10. The van der Waals surface area contributed by atoms with Gasteiger partial charge in [-0.1, -0.05) is 20.8 Å². The van der Waals surface area contributed by atoms with Crippen molar-refractivity contribution in [1.82, 2.24) is 0 Å². The molecule has 280 valence electrons. The lowest BCUT2D eigenvalue weighted by Gasteiger charge is -2.64. The Morgan fingerprint density at radius 2 is 1.51 bits per heavy atom. The summed E-state index contributed by atoms with van der Waals surface area (Å²) in [4.78, 5) is 49.8. The van der Waals surface area contributed by atoms with E-state index in [2.05, 4.69) is 11.7 Å². The van der Waals surface area contributed by atoms with Gasteiger partial charge in [0.1, 0.15) is 18.0 Å². The van der Waals surface area contributed by atoms with E-state index in [-0.39, 0.29) is 53.1 Å². The quantitative estimate of drug-likeness (QED) is 0.117. The van der Waals surface area contributed by atoms with Crippen molar-refractivity contribution < 1.29 is 68.3 Å². The molecule has 0 bridgehead atoms. The summed E-state index contributed by atoms with van der Waals surface area (Å²) >= 11 is 0. The zero-order valence-corrected chi connectivity index (χ0v) is 29.4. The molecule has 0 aromatic rings. The van der Waals surface area contributed by atoms with Gasteiger partial charge >= 0.3 is 39.5 Å². The van der Waals surface area contributed by atoms with Crippen molar-refractivity contribution in [1.29, 1.82) is 0 Å². The first-order valence-electron chi connectivity index (χ1n) is 16.8. The van der Waals surface area contributed by atoms with Gasteiger partial charge in [-0.2, -0.15) is 30.4 Å². The van der Waals surface area contributed by atoms with Crippen molar-refractivity contribution in [2.45, 2.75) is 129 Å². The smallest absolute Gasteiger partial charge is 0.432 e. The molecule has 4 fully saturated rings. The Morgan fingerprint density at radius 3 is 2.04 bits per heavy atom. The number of halogens is 5. The zero-order chi connectivity index (χ0) is 37.1. The predicted molar refractivity (Wildman–Crippen MR) is 162 cm³/mol. The molecule has 0 amide bonds. The van der Waals surface area contributed by atoms with Crippen molar-refractivity contribution >= 4 is 33.8 Å². The van der Waals surface area contributed by atoms with E-state index < -0.39 is 75.5 Å². The number of carbonyl (C=O) groups excluding carboxylic acids is 4. The summed E-state index contributed by atoms with van der Waals surface area (Å²) in [6.07, 6.45) is -7.91. The second kappa shape index (κ2) is 13.6. The molecule has 12 atom stereocenters. The van der Waals surface area contributed by atoms with Crippen LogP contribution >= 0.6 is 0 Å². The maximum Gasteiger partial charge on any atom is 0.432 e. The second-order valence-electron chi connectivity index (χ2n) is 15.3. The number of esters is 3. The lowest BCUT2D eigenvalue weighted by Crippen LogP contribution is -2.63. The lowest BCUT2D eigenvalue weighted by atomic mass is 9.42. The highest BCUT2D eigenvalue weighted by Gasteiger charge is 2.68. The third-order valence-corrected chi connectivity index (χ3v) is 13.6. The van der Waals surface area contributed by atoms with Gasteiger partial charge in [0.25, 0.3) is 6.10 Å². The Balaban J connectivity index is 1.61. The summed E-state index contributed by atoms with van der Waals surface area (Å²) < 4.78 is 115. The van der Waals surface area contributed by atoms with E-state index in [4.69, 9.17) is 14.0 Å². The van der Waals surface area contributed by atoms with Crippen LogP contribution in [0.2, 0.25) is 0 Å². The average Bonchev–Trinajstić information content (AvgIpc) is 3.31. The zero-order valence-electron chi connectivity index (χ0n) is 28.6. The van der Waals surface area contributed by atoms with Gasteiger partial charge in [-0.3, -0.25) is 23.7 Å². The van der Waals surface area contributed by atoms with Crippen LogP contribution in [0, 0.1) is 52.3 Å². The van der Waals surface area contributed by atoms with Gasteiger partial charge in [0, 0.05) is 37.5 Å². The Labute approximate surface area is 283 Å². The van der Waals surface area contributed by atoms with Gasteiger partial charge in [-0.25, -0.2) is 0 Å².